The summed E-state index contributed by atoms with van der Waals surface area (Å²) in [4.78, 5) is 30.6. The van der Waals surface area contributed by atoms with Crippen molar-refractivity contribution in [2.45, 2.75) is 37.8 Å². The Morgan fingerprint density at radius 1 is 1.29 bits per heavy atom. The number of hydrogen-bond acceptors (Lipinski definition) is 3. The van der Waals surface area contributed by atoms with Crippen LogP contribution in [0.4, 0.5) is 0 Å². The molecule has 2 aliphatic heterocycles. The summed E-state index contributed by atoms with van der Waals surface area (Å²) in [5, 5.41) is 10.4. The first-order valence-corrected chi connectivity index (χ1v) is 8.70. The quantitative estimate of drug-likeness (QED) is 0.877. The maximum Gasteiger partial charge on any atom is 0.259 e. The number of benzene rings is 1. The number of fused-ring (bicyclic) bond motifs is 3. The molecule has 1 aromatic carbocycles. The van der Waals surface area contributed by atoms with Crippen molar-refractivity contribution in [1.82, 2.24) is 9.88 Å². The zero-order valence-corrected chi connectivity index (χ0v) is 13.9. The van der Waals surface area contributed by atoms with Gasteiger partial charge in [-0.15, -0.1) is 0 Å². The fraction of sp³-hybridized carbons (Fsp3) is 0.444. The summed E-state index contributed by atoms with van der Waals surface area (Å²) in [6.45, 7) is 0.173. The van der Waals surface area contributed by atoms with Gasteiger partial charge in [-0.05, 0) is 49.8 Å². The number of H-pyrrole nitrogens is 1. The highest BCUT2D eigenvalue weighted by atomic mass is 35.5. The van der Waals surface area contributed by atoms with Crippen LogP contribution in [0.1, 0.15) is 36.0 Å². The van der Waals surface area contributed by atoms with Crippen LogP contribution in [0.2, 0.25) is 5.02 Å². The number of piperidine rings is 1. The van der Waals surface area contributed by atoms with Crippen LogP contribution in [-0.4, -0.2) is 39.6 Å². The molecule has 1 amide bonds. The van der Waals surface area contributed by atoms with Crippen LogP contribution in [0.15, 0.2) is 29.2 Å². The molecule has 0 spiro atoms. The SMILES string of the molecule is O=C(c1c[nH]c2cc(Cl)ccc2c1=O)N1[C@@H]2CC[C@H]1CC(CO)C2. The van der Waals surface area contributed by atoms with Crippen LogP contribution in [0.25, 0.3) is 10.9 Å². The molecule has 0 saturated carbocycles. The van der Waals surface area contributed by atoms with Gasteiger partial charge in [-0.1, -0.05) is 11.6 Å². The normalized spacial score (nSPS) is 26.1. The fourth-order valence-corrected chi connectivity index (χ4v) is 4.43. The first kappa shape index (κ1) is 15.7. The fourth-order valence-electron chi connectivity index (χ4n) is 4.26. The molecule has 0 aliphatic carbocycles. The van der Waals surface area contributed by atoms with Gasteiger partial charge in [0.2, 0.25) is 5.43 Å². The first-order chi connectivity index (χ1) is 11.6. The number of amides is 1. The smallest absolute Gasteiger partial charge is 0.259 e. The molecule has 1 aromatic heterocycles. The first-order valence-electron chi connectivity index (χ1n) is 8.33. The molecule has 24 heavy (non-hydrogen) atoms. The Labute approximate surface area is 144 Å². The molecule has 3 atom stereocenters. The second kappa shape index (κ2) is 5.90. The van der Waals surface area contributed by atoms with E-state index in [1.165, 1.54) is 6.20 Å². The number of pyridine rings is 1. The third-order valence-corrected chi connectivity index (χ3v) is 5.63. The van der Waals surface area contributed by atoms with Crippen molar-refractivity contribution in [1.29, 1.82) is 0 Å². The van der Waals surface area contributed by atoms with Gasteiger partial charge >= 0.3 is 0 Å². The standard InChI is InChI=1S/C18H19ClN2O3/c19-11-1-4-14-16(7-11)20-8-15(17(14)23)18(24)21-12-2-3-13(21)6-10(5-12)9-22/h1,4,7-8,10,12-13,22H,2-3,5-6,9H2,(H,20,23)/t10?,12-,13+. The number of halogens is 1. The van der Waals surface area contributed by atoms with Crippen molar-refractivity contribution in [3.63, 3.8) is 0 Å². The van der Waals surface area contributed by atoms with Crippen molar-refractivity contribution in [3.8, 4) is 0 Å². The Balaban J connectivity index is 1.71. The molecule has 126 valence electrons. The van der Waals surface area contributed by atoms with Crippen molar-refractivity contribution >= 4 is 28.4 Å². The molecule has 1 unspecified atom stereocenters. The third-order valence-electron chi connectivity index (χ3n) is 5.40. The van der Waals surface area contributed by atoms with Gasteiger partial charge in [0, 0.05) is 35.3 Å². The number of aliphatic hydroxyl groups is 1. The summed E-state index contributed by atoms with van der Waals surface area (Å²) in [6.07, 6.45) is 5.04. The van der Waals surface area contributed by atoms with E-state index in [1.54, 1.807) is 18.2 Å². The van der Waals surface area contributed by atoms with E-state index in [0.717, 1.165) is 25.7 Å². The second-order valence-electron chi connectivity index (χ2n) is 6.84. The van der Waals surface area contributed by atoms with E-state index in [2.05, 4.69) is 4.98 Å². The predicted molar refractivity (Wildman–Crippen MR) is 92.4 cm³/mol. The minimum atomic E-state index is -0.255. The largest absolute Gasteiger partial charge is 0.396 e. The highest BCUT2D eigenvalue weighted by Gasteiger charge is 2.43. The van der Waals surface area contributed by atoms with Gasteiger partial charge in [0.05, 0.1) is 5.52 Å². The van der Waals surface area contributed by atoms with E-state index in [9.17, 15) is 14.7 Å². The lowest BCUT2D eigenvalue weighted by molar-refractivity contribution is 0.0452. The maximum absolute atomic E-state index is 13.0. The summed E-state index contributed by atoms with van der Waals surface area (Å²) in [7, 11) is 0. The molecular weight excluding hydrogens is 328 g/mol. The van der Waals surface area contributed by atoms with Crippen LogP contribution in [-0.2, 0) is 0 Å². The van der Waals surface area contributed by atoms with Gasteiger partial charge in [-0.2, -0.15) is 0 Å². The summed E-state index contributed by atoms with van der Waals surface area (Å²) in [6, 6.07) is 5.26. The highest BCUT2D eigenvalue weighted by molar-refractivity contribution is 6.31. The van der Waals surface area contributed by atoms with Crippen molar-refractivity contribution < 1.29 is 9.90 Å². The molecule has 2 aromatic rings. The van der Waals surface area contributed by atoms with Crippen molar-refractivity contribution in [2.24, 2.45) is 5.92 Å². The lowest BCUT2D eigenvalue weighted by Crippen LogP contribution is -2.48. The van der Waals surface area contributed by atoms with Gasteiger partial charge in [0.15, 0.2) is 0 Å². The number of carbonyl (C=O) groups excluding carboxylic acids is 1. The van der Waals surface area contributed by atoms with Gasteiger partial charge in [-0.3, -0.25) is 9.59 Å². The van der Waals surface area contributed by atoms with E-state index in [-0.39, 0.29) is 41.5 Å². The van der Waals surface area contributed by atoms with E-state index in [4.69, 9.17) is 11.6 Å². The van der Waals surface area contributed by atoms with Crippen LogP contribution in [0.3, 0.4) is 0 Å². The molecule has 5 nitrogen and oxygen atoms in total. The zero-order valence-electron chi connectivity index (χ0n) is 13.2. The Kier molecular flexibility index (Phi) is 3.85. The van der Waals surface area contributed by atoms with Gasteiger partial charge < -0.3 is 15.0 Å². The summed E-state index contributed by atoms with van der Waals surface area (Å²) in [5.41, 5.74) is 0.560. The van der Waals surface area contributed by atoms with Gasteiger partial charge in [0.1, 0.15) is 5.56 Å². The van der Waals surface area contributed by atoms with E-state index >= 15 is 0 Å². The summed E-state index contributed by atoms with van der Waals surface area (Å²) in [5.74, 6) is 0.0700. The Morgan fingerprint density at radius 3 is 2.67 bits per heavy atom. The number of carbonyl (C=O) groups is 1. The zero-order chi connectivity index (χ0) is 16.8. The average Bonchev–Trinajstić information content (AvgIpc) is 2.84. The lowest BCUT2D eigenvalue weighted by Gasteiger charge is -2.38. The van der Waals surface area contributed by atoms with E-state index < -0.39 is 0 Å². The van der Waals surface area contributed by atoms with Gasteiger partial charge in [0.25, 0.3) is 5.91 Å². The topological polar surface area (TPSA) is 73.4 Å². The molecule has 3 heterocycles. The molecule has 6 heteroatoms. The number of nitrogens with zero attached hydrogens (tertiary/aromatic N) is 1. The number of aromatic amines is 1. The Hall–Kier alpha value is -1.85. The molecule has 2 N–H and O–H groups in total. The molecule has 2 bridgehead atoms. The number of aromatic nitrogens is 1. The molecule has 2 aliphatic rings. The summed E-state index contributed by atoms with van der Waals surface area (Å²) < 4.78 is 0. The van der Waals surface area contributed by atoms with E-state index in [0.29, 0.717) is 15.9 Å². The average molecular weight is 347 g/mol. The number of nitrogens with one attached hydrogen (secondary N) is 1. The second-order valence-corrected chi connectivity index (χ2v) is 7.28. The monoisotopic (exact) mass is 346 g/mol. The lowest BCUT2D eigenvalue weighted by atomic mass is 9.91. The minimum Gasteiger partial charge on any atom is -0.396 e. The number of aliphatic hydroxyl groups excluding tert-OH is 1. The maximum atomic E-state index is 13.0. The Bertz CT molecular complexity index is 849. The van der Waals surface area contributed by atoms with Crippen LogP contribution >= 0.6 is 11.6 Å². The molecular formula is C18H19ClN2O3. The highest BCUT2D eigenvalue weighted by Crippen LogP contribution is 2.39. The van der Waals surface area contributed by atoms with Crippen LogP contribution in [0, 0.1) is 5.92 Å². The predicted octanol–water partition coefficient (Wildman–Crippen LogP) is 2.56. The van der Waals surface area contributed by atoms with Gasteiger partial charge in [-0.25, -0.2) is 0 Å². The van der Waals surface area contributed by atoms with Crippen molar-refractivity contribution in [3.05, 3.63) is 45.2 Å². The third kappa shape index (κ3) is 2.43. The van der Waals surface area contributed by atoms with Crippen molar-refractivity contribution in [2.75, 3.05) is 6.61 Å². The Morgan fingerprint density at radius 2 is 2.00 bits per heavy atom. The summed E-state index contributed by atoms with van der Waals surface area (Å²) >= 11 is 5.95. The molecule has 2 fully saturated rings. The van der Waals surface area contributed by atoms with Crippen LogP contribution in [0.5, 0.6) is 0 Å². The molecule has 4 rings (SSSR count). The molecule has 2 saturated heterocycles. The van der Waals surface area contributed by atoms with Crippen LogP contribution < -0.4 is 5.43 Å². The number of rotatable bonds is 2. The number of hydrogen-bond donors (Lipinski definition) is 2. The minimum absolute atomic E-state index is 0.133. The molecule has 0 radical (unpaired) electrons. The van der Waals surface area contributed by atoms with E-state index in [1.807, 2.05) is 4.90 Å².